The summed E-state index contributed by atoms with van der Waals surface area (Å²) in [5.74, 6) is 0.298. The molecule has 0 amide bonds. The van der Waals surface area contributed by atoms with Crippen molar-refractivity contribution >= 4 is 15.5 Å². The van der Waals surface area contributed by atoms with Crippen LogP contribution in [-0.4, -0.2) is 29.4 Å². The lowest BCUT2D eigenvalue weighted by atomic mass is 10.0. The third-order valence-corrected chi connectivity index (χ3v) is 5.16. The van der Waals surface area contributed by atoms with Crippen LogP contribution in [0.15, 0.2) is 46.2 Å². The standard InChI is InChI=1S/C18H16N4O3S/c1-11-9-13(19-3)5-7-15(11)17-12(2)21-22(18(17)23)16-8-6-14(10-20-16)26(4,24)25/h5-10,21H,1-2,4H3. The maximum Gasteiger partial charge on any atom is 0.280 e. The average Bonchev–Trinajstić information content (AvgIpc) is 2.89. The first-order valence-electron chi connectivity index (χ1n) is 7.69. The molecule has 0 atom stereocenters. The summed E-state index contributed by atoms with van der Waals surface area (Å²) >= 11 is 0. The minimum Gasteiger partial charge on any atom is -0.293 e. The number of benzene rings is 1. The van der Waals surface area contributed by atoms with Crippen molar-refractivity contribution in [2.24, 2.45) is 0 Å². The molecule has 0 aliphatic rings. The monoisotopic (exact) mass is 368 g/mol. The van der Waals surface area contributed by atoms with Crippen LogP contribution >= 0.6 is 0 Å². The highest BCUT2D eigenvalue weighted by Crippen LogP contribution is 2.27. The Morgan fingerprint density at radius 2 is 1.92 bits per heavy atom. The number of aryl methyl sites for hydroxylation is 2. The maximum absolute atomic E-state index is 12.9. The number of hydrogen-bond acceptors (Lipinski definition) is 4. The molecule has 2 aromatic heterocycles. The van der Waals surface area contributed by atoms with Gasteiger partial charge in [-0.3, -0.25) is 9.89 Å². The van der Waals surface area contributed by atoms with Gasteiger partial charge >= 0.3 is 0 Å². The molecule has 3 aromatic rings. The van der Waals surface area contributed by atoms with E-state index in [2.05, 4.69) is 14.9 Å². The SMILES string of the molecule is [C-]#[N+]c1ccc(-c2c(C)[nH]n(-c3ccc(S(C)(=O)=O)cn3)c2=O)c(C)c1. The van der Waals surface area contributed by atoms with E-state index in [0.29, 0.717) is 22.8 Å². The summed E-state index contributed by atoms with van der Waals surface area (Å²) < 4.78 is 24.4. The topological polar surface area (TPSA) is 89.2 Å². The van der Waals surface area contributed by atoms with Gasteiger partial charge in [-0.05, 0) is 31.5 Å². The summed E-state index contributed by atoms with van der Waals surface area (Å²) in [5, 5.41) is 2.97. The first kappa shape index (κ1) is 17.6. The van der Waals surface area contributed by atoms with Gasteiger partial charge in [0, 0.05) is 18.1 Å². The van der Waals surface area contributed by atoms with E-state index >= 15 is 0 Å². The van der Waals surface area contributed by atoms with Crippen molar-refractivity contribution in [3.63, 3.8) is 0 Å². The Hall–Kier alpha value is -3.18. The molecule has 2 heterocycles. The minimum atomic E-state index is -3.35. The highest BCUT2D eigenvalue weighted by Gasteiger charge is 2.17. The molecule has 132 valence electrons. The lowest BCUT2D eigenvalue weighted by Gasteiger charge is -2.04. The summed E-state index contributed by atoms with van der Waals surface area (Å²) in [6, 6.07) is 8.05. The summed E-state index contributed by atoms with van der Waals surface area (Å²) in [6.45, 7) is 10.7. The molecule has 0 unspecified atom stereocenters. The zero-order chi connectivity index (χ0) is 19.1. The highest BCUT2D eigenvalue weighted by molar-refractivity contribution is 7.90. The molecule has 8 heteroatoms. The van der Waals surface area contributed by atoms with E-state index in [1.165, 1.54) is 23.0 Å². The van der Waals surface area contributed by atoms with Crippen LogP contribution in [0.4, 0.5) is 5.69 Å². The Bertz CT molecular complexity index is 1200. The predicted octanol–water partition coefficient (Wildman–Crippen LogP) is 2.80. The molecule has 0 saturated carbocycles. The van der Waals surface area contributed by atoms with Gasteiger partial charge in [-0.2, -0.15) is 0 Å². The van der Waals surface area contributed by atoms with Crippen LogP contribution in [0.3, 0.4) is 0 Å². The van der Waals surface area contributed by atoms with Crippen LogP contribution in [0.5, 0.6) is 0 Å². The van der Waals surface area contributed by atoms with Crippen molar-refractivity contribution in [3.05, 3.63) is 69.6 Å². The fourth-order valence-electron chi connectivity index (χ4n) is 2.75. The Balaban J connectivity index is 2.13. The van der Waals surface area contributed by atoms with E-state index in [4.69, 9.17) is 6.57 Å². The second-order valence-electron chi connectivity index (χ2n) is 5.99. The molecule has 0 bridgehead atoms. The van der Waals surface area contributed by atoms with Crippen LogP contribution < -0.4 is 5.56 Å². The fraction of sp³-hybridized carbons (Fsp3) is 0.167. The number of hydrogen-bond donors (Lipinski definition) is 1. The van der Waals surface area contributed by atoms with E-state index in [1.54, 1.807) is 25.1 Å². The summed E-state index contributed by atoms with van der Waals surface area (Å²) in [4.78, 5) is 20.5. The predicted molar refractivity (Wildman–Crippen MR) is 98.5 cm³/mol. The van der Waals surface area contributed by atoms with Crippen molar-refractivity contribution in [2.45, 2.75) is 18.7 Å². The molecule has 7 nitrogen and oxygen atoms in total. The zero-order valence-electron chi connectivity index (χ0n) is 14.4. The van der Waals surface area contributed by atoms with Gasteiger partial charge in [0.15, 0.2) is 21.3 Å². The van der Waals surface area contributed by atoms with Gasteiger partial charge in [-0.15, -0.1) is 0 Å². The second-order valence-corrected chi connectivity index (χ2v) is 8.00. The number of sulfone groups is 1. The Morgan fingerprint density at radius 3 is 2.46 bits per heavy atom. The van der Waals surface area contributed by atoms with Crippen molar-refractivity contribution in [1.82, 2.24) is 14.8 Å². The Morgan fingerprint density at radius 1 is 1.19 bits per heavy atom. The van der Waals surface area contributed by atoms with Crippen molar-refractivity contribution in [3.8, 4) is 16.9 Å². The second kappa shape index (κ2) is 6.28. The smallest absolute Gasteiger partial charge is 0.280 e. The molecule has 26 heavy (non-hydrogen) atoms. The van der Waals surface area contributed by atoms with E-state index in [0.717, 1.165) is 17.4 Å². The highest BCUT2D eigenvalue weighted by atomic mass is 32.2. The van der Waals surface area contributed by atoms with Gasteiger partial charge in [0.1, 0.15) is 0 Å². The van der Waals surface area contributed by atoms with E-state index in [-0.39, 0.29) is 10.5 Å². The number of aromatic amines is 1. The normalized spacial score (nSPS) is 11.3. The molecular weight excluding hydrogens is 352 g/mol. The fourth-order valence-corrected chi connectivity index (χ4v) is 3.31. The average molecular weight is 368 g/mol. The molecule has 0 radical (unpaired) electrons. The van der Waals surface area contributed by atoms with Crippen LogP contribution in [-0.2, 0) is 9.84 Å². The van der Waals surface area contributed by atoms with Crippen LogP contribution in [0.1, 0.15) is 11.3 Å². The largest absolute Gasteiger partial charge is 0.293 e. The van der Waals surface area contributed by atoms with Crippen molar-refractivity contribution in [2.75, 3.05) is 6.26 Å². The van der Waals surface area contributed by atoms with Gasteiger partial charge in [0.05, 0.1) is 17.0 Å². The number of rotatable bonds is 3. The first-order chi connectivity index (χ1) is 12.2. The third kappa shape index (κ3) is 3.05. The number of nitrogens with zero attached hydrogens (tertiary/aromatic N) is 3. The Kier molecular flexibility index (Phi) is 4.26. The lowest BCUT2D eigenvalue weighted by molar-refractivity contribution is 0.601. The van der Waals surface area contributed by atoms with Gasteiger partial charge in [0.2, 0.25) is 0 Å². The molecule has 0 fully saturated rings. The van der Waals surface area contributed by atoms with E-state index in [1.807, 2.05) is 6.92 Å². The number of H-pyrrole nitrogens is 1. The number of nitrogens with one attached hydrogen (secondary N) is 1. The number of aromatic nitrogens is 3. The Labute approximate surface area is 150 Å². The van der Waals surface area contributed by atoms with Crippen molar-refractivity contribution in [1.29, 1.82) is 0 Å². The van der Waals surface area contributed by atoms with Crippen LogP contribution in [0.25, 0.3) is 21.8 Å². The first-order valence-corrected chi connectivity index (χ1v) is 9.58. The molecule has 1 aromatic carbocycles. The van der Waals surface area contributed by atoms with E-state index in [9.17, 15) is 13.2 Å². The molecule has 0 aliphatic carbocycles. The molecule has 3 rings (SSSR count). The van der Waals surface area contributed by atoms with E-state index < -0.39 is 9.84 Å². The van der Waals surface area contributed by atoms with Gasteiger partial charge in [-0.25, -0.2) is 22.9 Å². The maximum atomic E-state index is 12.9. The quantitative estimate of drug-likeness (QED) is 0.720. The lowest BCUT2D eigenvalue weighted by Crippen LogP contribution is -2.17. The van der Waals surface area contributed by atoms with Gasteiger partial charge in [0.25, 0.3) is 5.56 Å². The molecule has 0 aliphatic heterocycles. The summed E-state index contributed by atoms with van der Waals surface area (Å²) in [7, 11) is -3.35. The minimum absolute atomic E-state index is 0.0865. The number of pyridine rings is 1. The van der Waals surface area contributed by atoms with Crippen molar-refractivity contribution < 1.29 is 8.42 Å². The molecule has 0 saturated heterocycles. The summed E-state index contributed by atoms with van der Waals surface area (Å²) in [6.07, 6.45) is 2.32. The molecule has 1 N–H and O–H groups in total. The van der Waals surface area contributed by atoms with Gasteiger partial charge < -0.3 is 0 Å². The van der Waals surface area contributed by atoms with Gasteiger partial charge in [-0.1, -0.05) is 23.8 Å². The van der Waals surface area contributed by atoms with Crippen LogP contribution in [0, 0.1) is 20.4 Å². The summed E-state index contributed by atoms with van der Waals surface area (Å²) in [5.41, 5.74) is 2.93. The molecular formula is C18H16N4O3S. The third-order valence-electron chi connectivity index (χ3n) is 4.06. The van der Waals surface area contributed by atoms with Crippen LogP contribution in [0.2, 0.25) is 0 Å². The molecule has 0 spiro atoms. The zero-order valence-corrected chi connectivity index (χ0v) is 15.3.